The molecule has 2 N–H and O–H groups in total. The first-order valence-electron chi connectivity index (χ1n) is 7.64. The predicted octanol–water partition coefficient (Wildman–Crippen LogP) is 3.20. The molecule has 1 fully saturated rings. The van der Waals surface area contributed by atoms with Crippen LogP contribution in [0.1, 0.15) is 52.4 Å². The van der Waals surface area contributed by atoms with E-state index in [0.717, 1.165) is 25.2 Å². The van der Waals surface area contributed by atoms with Gasteiger partial charge in [-0.15, -0.1) is 0 Å². The highest BCUT2D eigenvalue weighted by Gasteiger charge is 2.23. The standard InChI is InChI=1S/C15H25N3O2/c1-3-8-19-14-13(16)15(18-10-17-14)20-12-7-5-6-11(4-2)9-12/h10-12H,3-9,16H2,1-2H3. The van der Waals surface area contributed by atoms with Crippen LogP contribution in [-0.4, -0.2) is 22.7 Å². The van der Waals surface area contributed by atoms with Crippen molar-refractivity contribution < 1.29 is 9.47 Å². The Morgan fingerprint density at radius 3 is 2.80 bits per heavy atom. The van der Waals surface area contributed by atoms with Crippen LogP contribution < -0.4 is 15.2 Å². The summed E-state index contributed by atoms with van der Waals surface area (Å²) in [6.07, 6.45) is 8.48. The fourth-order valence-corrected chi connectivity index (χ4v) is 2.65. The highest BCUT2D eigenvalue weighted by atomic mass is 16.5. The maximum Gasteiger partial charge on any atom is 0.244 e. The van der Waals surface area contributed by atoms with Crippen molar-refractivity contribution in [2.75, 3.05) is 12.3 Å². The van der Waals surface area contributed by atoms with E-state index < -0.39 is 0 Å². The van der Waals surface area contributed by atoms with Gasteiger partial charge >= 0.3 is 0 Å². The van der Waals surface area contributed by atoms with Crippen LogP contribution in [0.5, 0.6) is 11.8 Å². The first-order valence-corrected chi connectivity index (χ1v) is 7.64. The molecule has 0 saturated heterocycles. The Kier molecular flexibility index (Phi) is 5.44. The van der Waals surface area contributed by atoms with Crippen LogP contribution in [0.3, 0.4) is 0 Å². The van der Waals surface area contributed by atoms with Crippen LogP contribution >= 0.6 is 0 Å². The summed E-state index contributed by atoms with van der Waals surface area (Å²) in [5, 5.41) is 0. The smallest absolute Gasteiger partial charge is 0.244 e. The SMILES string of the molecule is CCCOc1ncnc(OC2CCCC(CC)C2)c1N. The lowest BCUT2D eigenvalue weighted by Crippen LogP contribution is -2.26. The molecular formula is C15H25N3O2. The van der Waals surface area contributed by atoms with Gasteiger partial charge in [0.05, 0.1) is 6.61 Å². The second-order valence-corrected chi connectivity index (χ2v) is 5.43. The molecule has 1 aliphatic rings. The van der Waals surface area contributed by atoms with Crippen molar-refractivity contribution in [2.45, 2.75) is 58.5 Å². The molecule has 0 spiro atoms. The Balaban J connectivity index is 2.01. The molecule has 1 saturated carbocycles. The van der Waals surface area contributed by atoms with Crippen molar-refractivity contribution in [3.05, 3.63) is 6.33 Å². The van der Waals surface area contributed by atoms with Crippen LogP contribution in [0.25, 0.3) is 0 Å². The van der Waals surface area contributed by atoms with Crippen molar-refractivity contribution in [1.82, 2.24) is 9.97 Å². The molecule has 1 heterocycles. The van der Waals surface area contributed by atoms with Crippen LogP contribution in [0.15, 0.2) is 6.33 Å². The summed E-state index contributed by atoms with van der Waals surface area (Å²) in [5.74, 6) is 1.65. The number of rotatable bonds is 6. The van der Waals surface area contributed by atoms with E-state index in [2.05, 4.69) is 16.9 Å². The van der Waals surface area contributed by atoms with Gasteiger partial charge in [0.15, 0.2) is 5.69 Å². The van der Waals surface area contributed by atoms with Crippen LogP contribution in [0.4, 0.5) is 5.69 Å². The number of nitrogens with two attached hydrogens (primary N) is 1. The maximum absolute atomic E-state index is 6.03. The third-order valence-corrected chi connectivity index (χ3v) is 3.84. The predicted molar refractivity (Wildman–Crippen MR) is 78.9 cm³/mol. The van der Waals surface area contributed by atoms with Gasteiger partial charge in [-0.2, -0.15) is 9.97 Å². The fraction of sp³-hybridized carbons (Fsp3) is 0.733. The van der Waals surface area contributed by atoms with Gasteiger partial charge < -0.3 is 15.2 Å². The number of ether oxygens (including phenoxy) is 2. The third kappa shape index (κ3) is 3.74. The molecule has 20 heavy (non-hydrogen) atoms. The Morgan fingerprint density at radius 2 is 2.05 bits per heavy atom. The second kappa shape index (κ2) is 7.31. The zero-order chi connectivity index (χ0) is 14.4. The number of hydrogen-bond donors (Lipinski definition) is 1. The number of nitrogens with zero attached hydrogens (tertiary/aromatic N) is 2. The number of aromatic nitrogens is 2. The van der Waals surface area contributed by atoms with Gasteiger partial charge in [0.2, 0.25) is 11.8 Å². The number of hydrogen-bond acceptors (Lipinski definition) is 5. The molecule has 1 aliphatic carbocycles. The Bertz CT molecular complexity index is 426. The normalized spacial score (nSPS) is 22.5. The van der Waals surface area contributed by atoms with Gasteiger partial charge in [-0.05, 0) is 31.6 Å². The summed E-state index contributed by atoms with van der Waals surface area (Å²) in [6.45, 7) is 4.88. The maximum atomic E-state index is 6.03. The summed E-state index contributed by atoms with van der Waals surface area (Å²) in [6, 6.07) is 0. The number of anilines is 1. The first-order chi connectivity index (χ1) is 9.74. The summed E-state index contributed by atoms with van der Waals surface area (Å²) in [5.41, 5.74) is 6.45. The molecule has 5 nitrogen and oxygen atoms in total. The quantitative estimate of drug-likeness (QED) is 0.866. The Labute approximate surface area is 120 Å². The summed E-state index contributed by atoms with van der Waals surface area (Å²) in [7, 11) is 0. The van der Waals surface area contributed by atoms with E-state index in [1.807, 2.05) is 6.92 Å². The van der Waals surface area contributed by atoms with Crippen molar-refractivity contribution in [2.24, 2.45) is 5.92 Å². The minimum atomic E-state index is 0.213. The highest BCUT2D eigenvalue weighted by molar-refractivity contribution is 5.55. The Morgan fingerprint density at radius 1 is 1.25 bits per heavy atom. The molecule has 1 aromatic heterocycles. The molecule has 0 amide bonds. The van der Waals surface area contributed by atoms with Crippen molar-refractivity contribution >= 4 is 5.69 Å². The molecule has 112 valence electrons. The molecule has 1 aromatic rings. The van der Waals surface area contributed by atoms with Crippen molar-refractivity contribution in [3.63, 3.8) is 0 Å². The van der Waals surface area contributed by atoms with Gasteiger partial charge in [-0.1, -0.05) is 26.7 Å². The summed E-state index contributed by atoms with van der Waals surface area (Å²) in [4.78, 5) is 8.22. The highest BCUT2D eigenvalue weighted by Crippen LogP contribution is 2.32. The molecule has 0 aromatic carbocycles. The molecule has 0 radical (unpaired) electrons. The Hall–Kier alpha value is -1.52. The molecule has 2 atom stereocenters. The lowest BCUT2D eigenvalue weighted by Gasteiger charge is -2.28. The van der Waals surface area contributed by atoms with E-state index in [0.29, 0.717) is 24.1 Å². The van der Waals surface area contributed by atoms with Crippen LogP contribution in [0.2, 0.25) is 0 Å². The molecule has 0 bridgehead atoms. The zero-order valence-corrected chi connectivity index (χ0v) is 12.5. The van der Waals surface area contributed by atoms with E-state index in [4.69, 9.17) is 15.2 Å². The van der Waals surface area contributed by atoms with Gasteiger partial charge in [-0.3, -0.25) is 0 Å². The topological polar surface area (TPSA) is 70.3 Å². The van der Waals surface area contributed by atoms with Gasteiger partial charge in [-0.25, -0.2) is 0 Å². The van der Waals surface area contributed by atoms with Gasteiger partial charge in [0, 0.05) is 0 Å². The largest absolute Gasteiger partial charge is 0.476 e. The van der Waals surface area contributed by atoms with E-state index in [1.165, 1.54) is 25.6 Å². The lowest BCUT2D eigenvalue weighted by atomic mass is 9.85. The summed E-state index contributed by atoms with van der Waals surface area (Å²) < 4.78 is 11.5. The summed E-state index contributed by atoms with van der Waals surface area (Å²) >= 11 is 0. The fourth-order valence-electron chi connectivity index (χ4n) is 2.65. The average molecular weight is 279 g/mol. The minimum Gasteiger partial charge on any atom is -0.476 e. The molecule has 2 rings (SSSR count). The third-order valence-electron chi connectivity index (χ3n) is 3.84. The van der Waals surface area contributed by atoms with E-state index in [-0.39, 0.29) is 6.10 Å². The first kappa shape index (κ1) is 14.9. The van der Waals surface area contributed by atoms with Gasteiger partial charge in [0.25, 0.3) is 0 Å². The number of nitrogen functional groups attached to an aromatic ring is 1. The van der Waals surface area contributed by atoms with Crippen LogP contribution in [-0.2, 0) is 0 Å². The zero-order valence-electron chi connectivity index (χ0n) is 12.5. The van der Waals surface area contributed by atoms with E-state index >= 15 is 0 Å². The molecule has 0 aliphatic heterocycles. The monoisotopic (exact) mass is 279 g/mol. The second-order valence-electron chi connectivity index (χ2n) is 5.43. The van der Waals surface area contributed by atoms with E-state index in [9.17, 15) is 0 Å². The molecule has 2 unspecified atom stereocenters. The van der Waals surface area contributed by atoms with Crippen molar-refractivity contribution in [3.8, 4) is 11.8 Å². The lowest BCUT2D eigenvalue weighted by molar-refractivity contribution is 0.117. The van der Waals surface area contributed by atoms with E-state index in [1.54, 1.807) is 0 Å². The average Bonchev–Trinajstić information content (AvgIpc) is 2.48. The van der Waals surface area contributed by atoms with Gasteiger partial charge in [0.1, 0.15) is 12.4 Å². The molecular weight excluding hydrogens is 254 g/mol. The van der Waals surface area contributed by atoms with Crippen molar-refractivity contribution in [1.29, 1.82) is 0 Å². The minimum absolute atomic E-state index is 0.213. The molecule has 5 heteroatoms. The van der Waals surface area contributed by atoms with Crippen LogP contribution in [0, 0.1) is 5.92 Å².